The highest BCUT2D eigenvalue weighted by Crippen LogP contribution is 2.56. The summed E-state index contributed by atoms with van der Waals surface area (Å²) in [4.78, 5) is 20.0. The maximum atomic E-state index is 12.6. The maximum Gasteiger partial charge on any atom is 0.223 e. The van der Waals surface area contributed by atoms with Crippen molar-refractivity contribution < 1.29 is 4.79 Å². The van der Waals surface area contributed by atoms with Crippen LogP contribution in [0, 0.1) is 24.7 Å². The first-order valence-corrected chi connectivity index (χ1v) is 12.2. The van der Waals surface area contributed by atoms with E-state index < -0.39 is 0 Å². The second-order valence-corrected chi connectivity index (χ2v) is 9.98. The standard InChI is InChI=1S/C27H32N4O/c1-18-28-24-12-5-6-13-25(24)31(18)26-21-16-30(17-22(21)26)15-14-23(19-8-3-2-4-9-19)29-27(32)20-10-7-11-20/h2-6,8-9,12-13,20-23,26H,7,10-11,14-17H2,1H3,(H,29,32)/t21-,22+,23-,26?/m0/s1. The molecule has 3 aliphatic rings. The van der Waals surface area contributed by atoms with Gasteiger partial charge in [0.1, 0.15) is 5.82 Å². The molecule has 1 aliphatic heterocycles. The number of rotatable bonds is 7. The molecule has 0 radical (unpaired) electrons. The molecule has 5 nitrogen and oxygen atoms in total. The summed E-state index contributed by atoms with van der Waals surface area (Å²) in [5, 5.41) is 3.36. The Hall–Kier alpha value is -2.66. The molecule has 4 atom stereocenters. The molecule has 2 heterocycles. The summed E-state index contributed by atoms with van der Waals surface area (Å²) in [6, 6.07) is 19.7. The van der Waals surface area contributed by atoms with Gasteiger partial charge < -0.3 is 14.8 Å². The molecule has 0 spiro atoms. The van der Waals surface area contributed by atoms with Crippen LogP contribution < -0.4 is 5.32 Å². The van der Waals surface area contributed by atoms with E-state index in [0.717, 1.165) is 62.1 Å². The summed E-state index contributed by atoms with van der Waals surface area (Å²) in [5.41, 5.74) is 3.61. The number of aryl methyl sites for hydroxylation is 1. The number of hydrogen-bond acceptors (Lipinski definition) is 3. The van der Waals surface area contributed by atoms with Crippen LogP contribution in [0.15, 0.2) is 54.6 Å². The second-order valence-electron chi connectivity index (χ2n) is 9.98. The highest BCUT2D eigenvalue weighted by atomic mass is 16.2. The number of aromatic nitrogens is 2. The van der Waals surface area contributed by atoms with E-state index in [1.54, 1.807) is 0 Å². The van der Waals surface area contributed by atoms with Crippen LogP contribution in [-0.2, 0) is 4.79 Å². The van der Waals surface area contributed by atoms with Gasteiger partial charge in [0.05, 0.1) is 17.1 Å². The van der Waals surface area contributed by atoms with Crippen molar-refractivity contribution in [3.63, 3.8) is 0 Å². The number of fused-ring (bicyclic) bond motifs is 2. The van der Waals surface area contributed by atoms with Crippen molar-refractivity contribution in [2.45, 2.75) is 44.7 Å². The lowest BCUT2D eigenvalue weighted by molar-refractivity contribution is -0.128. The van der Waals surface area contributed by atoms with Crippen LogP contribution in [0.3, 0.4) is 0 Å². The molecule has 2 aromatic carbocycles. The predicted molar refractivity (Wildman–Crippen MR) is 126 cm³/mol. The fourth-order valence-corrected chi connectivity index (χ4v) is 5.97. The van der Waals surface area contributed by atoms with E-state index in [2.05, 4.69) is 70.2 Å². The van der Waals surface area contributed by atoms with Gasteiger partial charge in [0, 0.05) is 31.6 Å². The zero-order chi connectivity index (χ0) is 21.7. The van der Waals surface area contributed by atoms with E-state index in [-0.39, 0.29) is 17.9 Å². The maximum absolute atomic E-state index is 12.6. The number of benzene rings is 2. The van der Waals surface area contributed by atoms with Gasteiger partial charge in [0.25, 0.3) is 0 Å². The first-order chi connectivity index (χ1) is 15.7. The van der Waals surface area contributed by atoms with Gasteiger partial charge in [-0.05, 0) is 55.7 Å². The number of carbonyl (C=O) groups is 1. The minimum atomic E-state index is 0.108. The fourth-order valence-electron chi connectivity index (χ4n) is 5.97. The van der Waals surface area contributed by atoms with E-state index in [9.17, 15) is 4.79 Å². The minimum absolute atomic E-state index is 0.108. The van der Waals surface area contributed by atoms with Crippen LogP contribution in [-0.4, -0.2) is 40.0 Å². The lowest BCUT2D eigenvalue weighted by atomic mass is 9.84. The van der Waals surface area contributed by atoms with E-state index in [0.29, 0.717) is 6.04 Å². The topological polar surface area (TPSA) is 50.2 Å². The zero-order valence-corrected chi connectivity index (χ0v) is 18.8. The van der Waals surface area contributed by atoms with E-state index in [1.807, 2.05) is 6.07 Å². The Balaban J connectivity index is 1.09. The average molecular weight is 429 g/mol. The van der Waals surface area contributed by atoms with Crippen LogP contribution in [0.25, 0.3) is 11.0 Å². The molecular weight excluding hydrogens is 396 g/mol. The molecule has 3 fully saturated rings. The monoisotopic (exact) mass is 428 g/mol. The third kappa shape index (κ3) is 3.53. The van der Waals surface area contributed by atoms with Crippen LogP contribution in [0.1, 0.15) is 49.2 Å². The summed E-state index contributed by atoms with van der Waals surface area (Å²) >= 11 is 0. The summed E-state index contributed by atoms with van der Waals surface area (Å²) in [6.45, 7) is 5.48. The first kappa shape index (κ1) is 20.0. The number of amides is 1. The molecule has 0 bridgehead atoms. The summed E-state index contributed by atoms with van der Waals surface area (Å²) < 4.78 is 2.48. The number of hydrogen-bond donors (Lipinski definition) is 1. The molecule has 2 aliphatic carbocycles. The first-order valence-electron chi connectivity index (χ1n) is 12.2. The summed E-state index contributed by atoms with van der Waals surface area (Å²) in [5.74, 6) is 3.07. The van der Waals surface area contributed by atoms with Gasteiger partial charge in [-0.2, -0.15) is 0 Å². The largest absolute Gasteiger partial charge is 0.349 e. The number of carbonyl (C=O) groups excluding carboxylic acids is 1. The van der Waals surface area contributed by atoms with E-state index in [4.69, 9.17) is 4.98 Å². The van der Waals surface area contributed by atoms with Crippen molar-refractivity contribution in [3.8, 4) is 0 Å². The molecular formula is C27H32N4O. The van der Waals surface area contributed by atoms with Crippen molar-refractivity contribution in [2.75, 3.05) is 19.6 Å². The van der Waals surface area contributed by atoms with Crippen LogP contribution in [0.4, 0.5) is 0 Å². The van der Waals surface area contributed by atoms with Crippen molar-refractivity contribution in [2.24, 2.45) is 17.8 Å². The number of likely N-dealkylation sites (tertiary alicyclic amines) is 1. The minimum Gasteiger partial charge on any atom is -0.349 e. The van der Waals surface area contributed by atoms with Gasteiger partial charge in [-0.3, -0.25) is 4.79 Å². The Kier molecular flexibility index (Phi) is 5.02. The van der Waals surface area contributed by atoms with Crippen molar-refractivity contribution in [1.82, 2.24) is 19.8 Å². The molecule has 166 valence electrons. The molecule has 2 saturated carbocycles. The molecule has 3 aromatic rings. The predicted octanol–water partition coefficient (Wildman–Crippen LogP) is 4.50. The molecule has 6 rings (SSSR count). The quantitative estimate of drug-likeness (QED) is 0.603. The van der Waals surface area contributed by atoms with Crippen molar-refractivity contribution in [1.29, 1.82) is 0 Å². The summed E-state index contributed by atoms with van der Waals surface area (Å²) in [6.07, 6.45) is 4.26. The van der Waals surface area contributed by atoms with Gasteiger partial charge >= 0.3 is 0 Å². The Labute approximate surface area is 189 Å². The number of piperidine rings is 1. The van der Waals surface area contributed by atoms with Gasteiger partial charge in [0.15, 0.2) is 0 Å². The van der Waals surface area contributed by atoms with Gasteiger partial charge in [-0.25, -0.2) is 4.98 Å². The van der Waals surface area contributed by atoms with E-state index in [1.165, 1.54) is 17.5 Å². The number of nitrogens with one attached hydrogen (secondary N) is 1. The van der Waals surface area contributed by atoms with Crippen LogP contribution in [0.2, 0.25) is 0 Å². The SMILES string of the molecule is Cc1nc2ccccc2n1C1[C@H]2CN(CC[C@H](NC(=O)C3CCC3)c3ccccc3)C[C@@H]12. The Morgan fingerprint density at radius 1 is 1.06 bits per heavy atom. The van der Waals surface area contributed by atoms with Gasteiger partial charge in [-0.15, -0.1) is 0 Å². The van der Waals surface area contributed by atoms with Crippen LogP contribution >= 0.6 is 0 Å². The third-order valence-corrected chi connectivity index (χ3v) is 8.02. The van der Waals surface area contributed by atoms with Crippen molar-refractivity contribution in [3.05, 3.63) is 66.0 Å². The molecule has 5 heteroatoms. The Morgan fingerprint density at radius 2 is 1.78 bits per heavy atom. The average Bonchev–Trinajstić information content (AvgIpc) is 3.09. The fraction of sp³-hybridized carbons (Fsp3) is 0.481. The second kappa shape index (κ2) is 8.04. The van der Waals surface area contributed by atoms with Crippen LogP contribution in [0.5, 0.6) is 0 Å². The lowest BCUT2D eigenvalue weighted by Crippen LogP contribution is -2.38. The molecule has 1 aromatic heterocycles. The molecule has 1 saturated heterocycles. The highest BCUT2D eigenvalue weighted by molar-refractivity contribution is 5.79. The molecule has 1 amide bonds. The summed E-state index contributed by atoms with van der Waals surface area (Å²) in [7, 11) is 0. The normalized spacial score (nSPS) is 26.0. The van der Waals surface area contributed by atoms with E-state index >= 15 is 0 Å². The van der Waals surface area contributed by atoms with Gasteiger partial charge in [0.2, 0.25) is 5.91 Å². The van der Waals surface area contributed by atoms with Crippen molar-refractivity contribution >= 4 is 16.9 Å². The number of imidazole rings is 1. The Bertz CT molecular complexity index is 1110. The molecule has 1 N–H and O–H groups in total. The smallest absolute Gasteiger partial charge is 0.223 e. The zero-order valence-electron chi connectivity index (χ0n) is 18.8. The third-order valence-electron chi connectivity index (χ3n) is 8.02. The Morgan fingerprint density at radius 3 is 2.50 bits per heavy atom. The number of nitrogens with zero attached hydrogens (tertiary/aromatic N) is 3. The highest BCUT2D eigenvalue weighted by Gasteiger charge is 2.57. The van der Waals surface area contributed by atoms with Gasteiger partial charge in [-0.1, -0.05) is 48.9 Å². The number of para-hydroxylation sites is 2. The lowest BCUT2D eigenvalue weighted by Gasteiger charge is -2.29. The molecule has 32 heavy (non-hydrogen) atoms. The molecule has 1 unspecified atom stereocenters.